The lowest BCUT2D eigenvalue weighted by Crippen LogP contribution is -2.16. The van der Waals surface area contributed by atoms with E-state index in [9.17, 15) is 13.2 Å². The third kappa shape index (κ3) is 3.50. The van der Waals surface area contributed by atoms with E-state index in [4.69, 9.17) is 0 Å². The summed E-state index contributed by atoms with van der Waals surface area (Å²) in [4.78, 5) is 0. The van der Waals surface area contributed by atoms with Crippen LogP contribution in [0.2, 0.25) is 0 Å². The predicted molar refractivity (Wildman–Crippen MR) is 65.1 cm³/mol. The van der Waals surface area contributed by atoms with Gasteiger partial charge in [0.1, 0.15) is 5.75 Å². The van der Waals surface area contributed by atoms with Crippen molar-refractivity contribution in [3.05, 3.63) is 53.0 Å². The molecule has 0 atom stereocenters. The van der Waals surface area contributed by atoms with Gasteiger partial charge in [-0.2, -0.15) is 0 Å². The van der Waals surface area contributed by atoms with Crippen LogP contribution < -0.4 is 4.74 Å². The Morgan fingerprint density at radius 3 is 2.06 bits per heavy atom. The van der Waals surface area contributed by atoms with Crippen molar-refractivity contribution in [2.45, 2.75) is 6.36 Å². The van der Waals surface area contributed by atoms with Gasteiger partial charge in [0.15, 0.2) is 0 Å². The van der Waals surface area contributed by atoms with Gasteiger partial charge in [-0.1, -0.05) is 34.1 Å². The molecule has 1 nitrogen and oxygen atoms in total. The third-order valence-electron chi connectivity index (χ3n) is 2.20. The molecule has 0 saturated heterocycles. The number of benzene rings is 2. The van der Waals surface area contributed by atoms with Gasteiger partial charge in [0.25, 0.3) is 0 Å². The summed E-state index contributed by atoms with van der Waals surface area (Å²) in [5, 5.41) is 0. The minimum atomic E-state index is -4.66. The van der Waals surface area contributed by atoms with Crippen LogP contribution in [0, 0.1) is 6.07 Å². The van der Waals surface area contributed by atoms with Crippen LogP contribution in [-0.2, 0) is 0 Å². The Balaban J connectivity index is 2.20. The Morgan fingerprint density at radius 2 is 1.56 bits per heavy atom. The highest BCUT2D eigenvalue weighted by Crippen LogP contribution is 2.26. The highest BCUT2D eigenvalue weighted by atomic mass is 79.9. The van der Waals surface area contributed by atoms with E-state index >= 15 is 0 Å². The SMILES string of the molecule is FC(F)(F)Oc1ccc(-c2c[c]c(Br)cc2)cc1. The van der Waals surface area contributed by atoms with Crippen LogP contribution >= 0.6 is 15.9 Å². The van der Waals surface area contributed by atoms with Gasteiger partial charge in [-0.3, -0.25) is 0 Å². The fourth-order valence-electron chi connectivity index (χ4n) is 1.43. The Morgan fingerprint density at radius 1 is 0.944 bits per heavy atom. The minimum Gasteiger partial charge on any atom is -0.406 e. The molecule has 0 aromatic heterocycles. The van der Waals surface area contributed by atoms with Gasteiger partial charge in [-0.25, -0.2) is 0 Å². The monoisotopic (exact) mass is 315 g/mol. The molecule has 0 aliphatic heterocycles. The summed E-state index contributed by atoms with van der Waals surface area (Å²) in [7, 11) is 0. The molecule has 0 aliphatic rings. The van der Waals surface area contributed by atoms with E-state index in [1.807, 2.05) is 12.1 Å². The average Bonchev–Trinajstić information content (AvgIpc) is 2.29. The zero-order valence-corrected chi connectivity index (χ0v) is 10.5. The first-order valence-electron chi connectivity index (χ1n) is 4.97. The molecule has 2 rings (SSSR count). The minimum absolute atomic E-state index is 0.229. The number of rotatable bonds is 2. The third-order valence-corrected chi connectivity index (χ3v) is 2.69. The van der Waals surface area contributed by atoms with Crippen molar-refractivity contribution in [3.8, 4) is 16.9 Å². The number of ether oxygens (including phenoxy) is 1. The van der Waals surface area contributed by atoms with E-state index in [-0.39, 0.29) is 5.75 Å². The normalized spacial score (nSPS) is 11.3. The second-order valence-electron chi connectivity index (χ2n) is 3.50. The smallest absolute Gasteiger partial charge is 0.406 e. The number of hydrogen-bond acceptors (Lipinski definition) is 1. The highest BCUT2D eigenvalue weighted by molar-refractivity contribution is 9.10. The lowest BCUT2D eigenvalue weighted by Gasteiger charge is -2.09. The highest BCUT2D eigenvalue weighted by Gasteiger charge is 2.30. The molecule has 0 bridgehead atoms. The topological polar surface area (TPSA) is 9.23 Å². The Bertz CT molecular complexity index is 517. The van der Waals surface area contributed by atoms with Crippen molar-refractivity contribution in [1.82, 2.24) is 0 Å². The summed E-state index contributed by atoms with van der Waals surface area (Å²) in [5.41, 5.74) is 1.67. The van der Waals surface area contributed by atoms with Crippen molar-refractivity contribution in [2.75, 3.05) is 0 Å². The van der Waals surface area contributed by atoms with Crippen LogP contribution in [0.4, 0.5) is 13.2 Å². The van der Waals surface area contributed by atoms with E-state index in [0.717, 1.165) is 15.6 Å². The lowest BCUT2D eigenvalue weighted by molar-refractivity contribution is -0.274. The molecule has 0 amide bonds. The molecule has 0 heterocycles. The average molecular weight is 316 g/mol. The summed E-state index contributed by atoms with van der Waals surface area (Å²) < 4.78 is 40.5. The maximum Gasteiger partial charge on any atom is 0.573 e. The summed E-state index contributed by atoms with van der Waals surface area (Å²) in [6.45, 7) is 0. The molecular formula is C13H7BrF3O. The van der Waals surface area contributed by atoms with Gasteiger partial charge in [-0.15, -0.1) is 13.2 Å². The van der Waals surface area contributed by atoms with E-state index in [2.05, 4.69) is 26.7 Å². The molecule has 18 heavy (non-hydrogen) atoms. The van der Waals surface area contributed by atoms with Crippen molar-refractivity contribution < 1.29 is 17.9 Å². The summed E-state index contributed by atoms with van der Waals surface area (Å²) in [5.74, 6) is -0.229. The molecule has 0 saturated carbocycles. The van der Waals surface area contributed by atoms with Crippen LogP contribution in [-0.4, -0.2) is 6.36 Å². The molecule has 5 heteroatoms. The van der Waals surface area contributed by atoms with E-state index < -0.39 is 6.36 Å². The van der Waals surface area contributed by atoms with Crippen molar-refractivity contribution >= 4 is 15.9 Å². The predicted octanol–water partition coefficient (Wildman–Crippen LogP) is 4.81. The fraction of sp³-hybridized carbons (Fsp3) is 0.0769. The van der Waals surface area contributed by atoms with Gasteiger partial charge in [0, 0.05) is 4.47 Å². The van der Waals surface area contributed by atoms with Gasteiger partial charge in [-0.05, 0) is 41.5 Å². The first-order valence-corrected chi connectivity index (χ1v) is 5.77. The quantitative estimate of drug-likeness (QED) is 0.772. The number of alkyl halides is 3. The molecular weight excluding hydrogens is 309 g/mol. The Kier molecular flexibility index (Phi) is 3.61. The molecule has 0 fully saturated rings. The molecule has 0 spiro atoms. The molecule has 0 N–H and O–H groups in total. The first kappa shape index (κ1) is 13.0. The summed E-state index contributed by atoms with van der Waals surface area (Å²) in [6, 6.07) is 14.1. The molecule has 0 unspecified atom stereocenters. The second kappa shape index (κ2) is 5.02. The maximum absolute atomic E-state index is 12.0. The molecule has 1 radical (unpaired) electrons. The lowest BCUT2D eigenvalue weighted by atomic mass is 10.1. The molecule has 93 valence electrons. The maximum atomic E-state index is 12.0. The van der Waals surface area contributed by atoms with Crippen LogP contribution in [0.3, 0.4) is 0 Å². The van der Waals surface area contributed by atoms with Crippen molar-refractivity contribution in [2.24, 2.45) is 0 Å². The van der Waals surface area contributed by atoms with Crippen LogP contribution in [0.15, 0.2) is 46.9 Å². The van der Waals surface area contributed by atoms with Crippen molar-refractivity contribution in [3.63, 3.8) is 0 Å². The van der Waals surface area contributed by atoms with Gasteiger partial charge < -0.3 is 4.74 Å². The van der Waals surface area contributed by atoms with Gasteiger partial charge in [0.05, 0.1) is 0 Å². The molecule has 0 aliphatic carbocycles. The van der Waals surface area contributed by atoms with E-state index in [1.165, 1.54) is 12.1 Å². The van der Waals surface area contributed by atoms with Crippen molar-refractivity contribution in [1.29, 1.82) is 0 Å². The molecule has 2 aromatic carbocycles. The molecule has 2 aromatic rings. The zero-order valence-electron chi connectivity index (χ0n) is 8.96. The first-order chi connectivity index (χ1) is 8.44. The van der Waals surface area contributed by atoms with Gasteiger partial charge in [0.2, 0.25) is 0 Å². The number of hydrogen-bond donors (Lipinski definition) is 0. The Hall–Kier alpha value is -1.49. The second-order valence-corrected chi connectivity index (χ2v) is 4.35. The summed E-state index contributed by atoms with van der Waals surface area (Å²) in [6.07, 6.45) is -4.66. The van der Waals surface area contributed by atoms with Crippen LogP contribution in [0.25, 0.3) is 11.1 Å². The van der Waals surface area contributed by atoms with Crippen LogP contribution in [0.5, 0.6) is 5.75 Å². The summed E-state index contributed by atoms with van der Waals surface area (Å²) >= 11 is 3.26. The van der Waals surface area contributed by atoms with Gasteiger partial charge >= 0.3 is 6.36 Å². The largest absolute Gasteiger partial charge is 0.573 e. The van der Waals surface area contributed by atoms with E-state index in [0.29, 0.717) is 0 Å². The fourth-order valence-corrected chi connectivity index (χ4v) is 1.68. The zero-order chi connectivity index (χ0) is 13.2. The van der Waals surface area contributed by atoms with Crippen LogP contribution in [0.1, 0.15) is 0 Å². The Labute approximate surface area is 110 Å². The van der Waals surface area contributed by atoms with E-state index in [1.54, 1.807) is 18.2 Å². The number of halogens is 4. The standard InChI is InChI=1S/C13H7BrF3O/c14-11-5-1-9(2-6-11)10-3-7-12(8-4-10)18-13(15,16)17/h1-5,7-8H.